The van der Waals surface area contributed by atoms with Crippen molar-refractivity contribution in [3.63, 3.8) is 0 Å². The summed E-state index contributed by atoms with van der Waals surface area (Å²) in [5.41, 5.74) is 0. The number of hydrogen-bond acceptors (Lipinski definition) is 3. The molecule has 100 valence electrons. The number of aliphatic carboxylic acids is 1. The van der Waals surface area contributed by atoms with Crippen LogP contribution >= 0.6 is 11.6 Å². The maximum Gasteiger partial charge on any atom is 0.401 e. The van der Waals surface area contributed by atoms with E-state index in [0.29, 0.717) is 13.1 Å². The third-order valence-electron chi connectivity index (χ3n) is 2.55. The van der Waals surface area contributed by atoms with Crippen molar-refractivity contribution in [3.8, 4) is 0 Å². The Bertz CT molecular complexity index is 267. The van der Waals surface area contributed by atoms with Crippen molar-refractivity contribution in [2.75, 3.05) is 39.3 Å². The summed E-state index contributed by atoms with van der Waals surface area (Å²) in [6.45, 7) is 0.630. The Kier molecular flexibility index (Phi) is 5.03. The standard InChI is InChI=1S/C9H14ClF3N2O2/c10-7(8(16)17)5-14-1-3-15(4-2-14)6-9(11,12)13/h7H,1-6H2,(H,16,17). The van der Waals surface area contributed by atoms with Gasteiger partial charge in [-0.2, -0.15) is 13.2 Å². The van der Waals surface area contributed by atoms with Crippen LogP contribution in [0.4, 0.5) is 13.2 Å². The molecule has 1 N–H and O–H groups in total. The molecule has 1 aliphatic heterocycles. The highest BCUT2D eigenvalue weighted by Gasteiger charge is 2.32. The molecule has 1 unspecified atom stereocenters. The Hall–Kier alpha value is -0.530. The molecule has 0 spiro atoms. The van der Waals surface area contributed by atoms with Crippen molar-refractivity contribution >= 4 is 17.6 Å². The molecular weight excluding hydrogens is 261 g/mol. The molecular formula is C9H14ClF3N2O2. The lowest BCUT2D eigenvalue weighted by Crippen LogP contribution is -2.50. The molecule has 0 aromatic heterocycles. The van der Waals surface area contributed by atoms with Gasteiger partial charge in [-0.25, -0.2) is 0 Å². The van der Waals surface area contributed by atoms with E-state index in [1.807, 2.05) is 0 Å². The van der Waals surface area contributed by atoms with Crippen LogP contribution < -0.4 is 0 Å². The number of nitrogens with zero attached hydrogens (tertiary/aromatic N) is 2. The summed E-state index contributed by atoms with van der Waals surface area (Å²) in [4.78, 5) is 13.6. The van der Waals surface area contributed by atoms with Gasteiger partial charge in [-0.05, 0) is 0 Å². The predicted octanol–water partition coefficient (Wildman–Crippen LogP) is 0.858. The predicted molar refractivity (Wildman–Crippen MR) is 56.2 cm³/mol. The van der Waals surface area contributed by atoms with Crippen LogP contribution in [0.1, 0.15) is 0 Å². The van der Waals surface area contributed by atoms with Gasteiger partial charge in [0.25, 0.3) is 0 Å². The average Bonchev–Trinajstić information content (AvgIpc) is 2.18. The molecule has 0 aromatic rings. The molecule has 1 aliphatic rings. The first-order chi connectivity index (χ1) is 7.78. The Labute approximate surface area is 102 Å². The lowest BCUT2D eigenvalue weighted by atomic mass is 10.3. The number of hydrogen-bond donors (Lipinski definition) is 1. The maximum atomic E-state index is 12.1. The van der Waals surface area contributed by atoms with Gasteiger partial charge >= 0.3 is 12.1 Å². The van der Waals surface area contributed by atoms with Crippen molar-refractivity contribution in [2.45, 2.75) is 11.6 Å². The summed E-state index contributed by atoms with van der Waals surface area (Å²) in [6.07, 6.45) is -4.18. The summed E-state index contributed by atoms with van der Waals surface area (Å²) in [5, 5.41) is 7.59. The average molecular weight is 275 g/mol. The zero-order valence-electron chi connectivity index (χ0n) is 9.08. The fourth-order valence-corrected chi connectivity index (χ4v) is 1.88. The second kappa shape index (κ2) is 5.88. The van der Waals surface area contributed by atoms with Gasteiger partial charge in [0.2, 0.25) is 0 Å². The topological polar surface area (TPSA) is 43.8 Å². The van der Waals surface area contributed by atoms with Crippen LogP contribution in [0, 0.1) is 0 Å². The van der Waals surface area contributed by atoms with Gasteiger partial charge in [0.15, 0.2) is 0 Å². The number of carboxylic acids is 1. The molecule has 0 aromatic carbocycles. The quantitative estimate of drug-likeness (QED) is 0.772. The van der Waals surface area contributed by atoms with E-state index in [-0.39, 0.29) is 19.6 Å². The van der Waals surface area contributed by atoms with Crippen LogP contribution in [-0.2, 0) is 4.79 Å². The first-order valence-corrected chi connectivity index (χ1v) is 5.60. The molecule has 0 saturated carbocycles. The van der Waals surface area contributed by atoms with Crippen LogP contribution in [0.2, 0.25) is 0 Å². The molecule has 1 heterocycles. The zero-order chi connectivity index (χ0) is 13.1. The molecule has 0 bridgehead atoms. The van der Waals surface area contributed by atoms with Gasteiger partial charge < -0.3 is 5.11 Å². The fourth-order valence-electron chi connectivity index (χ4n) is 1.69. The van der Waals surface area contributed by atoms with E-state index >= 15 is 0 Å². The summed E-state index contributed by atoms with van der Waals surface area (Å²) < 4.78 is 36.3. The highest BCUT2D eigenvalue weighted by Crippen LogP contribution is 2.17. The monoisotopic (exact) mass is 274 g/mol. The minimum absolute atomic E-state index is 0.163. The second-order valence-electron chi connectivity index (χ2n) is 4.00. The molecule has 1 rings (SSSR count). The van der Waals surface area contributed by atoms with Crippen LogP contribution in [0.5, 0.6) is 0 Å². The van der Waals surface area contributed by atoms with Gasteiger partial charge in [-0.3, -0.25) is 14.6 Å². The Morgan fingerprint density at radius 3 is 2.12 bits per heavy atom. The van der Waals surface area contributed by atoms with E-state index < -0.39 is 24.1 Å². The normalized spacial score (nSPS) is 21.4. The lowest BCUT2D eigenvalue weighted by Gasteiger charge is -2.35. The summed E-state index contributed by atoms with van der Waals surface area (Å²) in [7, 11) is 0. The van der Waals surface area contributed by atoms with E-state index in [9.17, 15) is 18.0 Å². The molecule has 0 radical (unpaired) electrons. The van der Waals surface area contributed by atoms with Gasteiger partial charge in [0.1, 0.15) is 5.38 Å². The highest BCUT2D eigenvalue weighted by molar-refractivity contribution is 6.29. The molecule has 8 heteroatoms. The Balaban J connectivity index is 2.29. The fraction of sp³-hybridized carbons (Fsp3) is 0.889. The zero-order valence-corrected chi connectivity index (χ0v) is 9.84. The number of carbonyl (C=O) groups is 1. The van der Waals surface area contributed by atoms with Crippen molar-refractivity contribution in [1.82, 2.24) is 9.80 Å². The van der Waals surface area contributed by atoms with Crippen LogP contribution in [0.25, 0.3) is 0 Å². The van der Waals surface area contributed by atoms with Gasteiger partial charge in [-0.15, -0.1) is 11.6 Å². The number of alkyl halides is 4. The van der Waals surface area contributed by atoms with E-state index in [1.54, 1.807) is 4.90 Å². The van der Waals surface area contributed by atoms with E-state index in [1.165, 1.54) is 4.90 Å². The number of halogens is 4. The van der Waals surface area contributed by atoms with Crippen molar-refractivity contribution in [3.05, 3.63) is 0 Å². The van der Waals surface area contributed by atoms with Gasteiger partial charge in [0.05, 0.1) is 6.54 Å². The molecule has 17 heavy (non-hydrogen) atoms. The number of carboxylic acid groups (broad SMARTS) is 1. The lowest BCUT2D eigenvalue weighted by molar-refractivity contribution is -0.149. The third kappa shape index (κ3) is 5.56. The molecule has 1 fully saturated rings. The second-order valence-corrected chi connectivity index (χ2v) is 4.52. The summed E-state index contributed by atoms with van der Waals surface area (Å²) in [5.74, 6) is -1.11. The highest BCUT2D eigenvalue weighted by atomic mass is 35.5. The van der Waals surface area contributed by atoms with Crippen LogP contribution in [0.15, 0.2) is 0 Å². The minimum atomic E-state index is -4.18. The van der Waals surface area contributed by atoms with Gasteiger partial charge in [0, 0.05) is 32.7 Å². The van der Waals surface area contributed by atoms with E-state index in [0.717, 1.165) is 0 Å². The van der Waals surface area contributed by atoms with Crippen LogP contribution in [0.3, 0.4) is 0 Å². The third-order valence-corrected chi connectivity index (χ3v) is 2.88. The molecule has 0 aliphatic carbocycles. The first kappa shape index (κ1) is 14.5. The Morgan fingerprint density at radius 2 is 1.71 bits per heavy atom. The summed E-state index contributed by atoms with van der Waals surface area (Å²) in [6, 6.07) is 0. The summed E-state index contributed by atoms with van der Waals surface area (Å²) >= 11 is 5.56. The largest absolute Gasteiger partial charge is 0.480 e. The first-order valence-electron chi connectivity index (χ1n) is 5.16. The Morgan fingerprint density at radius 1 is 1.24 bits per heavy atom. The van der Waals surface area contributed by atoms with E-state index in [4.69, 9.17) is 16.7 Å². The maximum absolute atomic E-state index is 12.1. The van der Waals surface area contributed by atoms with Crippen molar-refractivity contribution in [2.24, 2.45) is 0 Å². The number of piperazine rings is 1. The van der Waals surface area contributed by atoms with Crippen LogP contribution in [-0.4, -0.2) is 71.7 Å². The van der Waals surface area contributed by atoms with Gasteiger partial charge in [-0.1, -0.05) is 0 Å². The SMILES string of the molecule is O=C(O)C(Cl)CN1CCN(CC(F)(F)F)CC1. The van der Waals surface area contributed by atoms with Crippen molar-refractivity contribution in [1.29, 1.82) is 0 Å². The molecule has 1 saturated heterocycles. The molecule has 1 atom stereocenters. The smallest absolute Gasteiger partial charge is 0.401 e. The van der Waals surface area contributed by atoms with Crippen molar-refractivity contribution < 1.29 is 23.1 Å². The molecule has 4 nitrogen and oxygen atoms in total. The van der Waals surface area contributed by atoms with E-state index in [2.05, 4.69) is 0 Å². The molecule has 0 amide bonds. The number of rotatable bonds is 4. The minimum Gasteiger partial charge on any atom is -0.480 e.